The molecule has 0 spiro atoms. The predicted molar refractivity (Wildman–Crippen MR) is 60.1 cm³/mol. The molecule has 92 valence electrons. The van der Waals surface area contributed by atoms with Crippen molar-refractivity contribution in [2.45, 2.75) is 25.7 Å². The van der Waals surface area contributed by atoms with E-state index in [9.17, 15) is 9.59 Å². The summed E-state index contributed by atoms with van der Waals surface area (Å²) in [6, 6.07) is 0. The van der Waals surface area contributed by atoms with Crippen molar-refractivity contribution in [3.05, 3.63) is 0 Å². The van der Waals surface area contributed by atoms with E-state index in [4.69, 9.17) is 5.11 Å². The Labute approximate surface area is 95.8 Å². The number of hydrogen-bond acceptors (Lipinski definition) is 3. The summed E-state index contributed by atoms with van der Waals surface area (Å²) in [5.41, 5.74) is 0. The summed E-state index contributed by atoms with van der Waals surface area (Å²) in [5.74, 6) is -0.0957. The fourth-order valence-corrected chi connectivity index (χ4v) is 1.68. The van der Waals surface area contributed by atoms with E-state index in [0.29, 0.717) is 18.9 Å². The van der Waals surface area contributed by atoms with E-state index in [1.807, 2.05) is 4.90 Å². The lowest BCUT2D eigenvalue weighted by Gasteiger charge is -2.19. The van der Waals surface area contributed by atoms with Gasteiger partial charge in [-0.3, -0.25) is 14.5 Å². The van der Waals surface area contributed by atoms with Gasteiger partial charge in [-0.2, -0.15) is 0 Å². The molecule has 0 bridgehead atoms. The van der Waals surface area contributed by atoms with Crippen molar-refractivity contribution >= 4 is 11.9 Å². The molecule has 0 heterocycles. The Hall–Kier alpha value is -1.10. The Kier molecular flexibility index (Phi) is 5.25. The van der Waals surface area contributed by atoms with Crippen LogP contribution in [-0.4, -0.2) is 48.6 Å². The van der Waals surface area contributed by atoms with Crippen LogP contribution in [0.1, 0.15) is 25.7 Å². The summed E-state index contributed by atoms with van der Waals surface area (Å²) in [6.07, 6.45) is 3.62. The molecule has 5 heteroatoms. The molecule has 5 nitrogen and oxygen atoms in total. The normalized spacial score (nSPS) is 15.1. The van der Waals surface area contributed by atoms with Crippen LogP contribution >= 0.6 is 0 Å². The van der Waals surface area contributed by atoms with Gasteiger partial charge in [0.2, 0.25) is 5.91 Å². The van der Waals surface area contributed by atoms with Gasteiger partial charge in [0.05, 0.1) is 6.54 Å². The van der Waals surface area contributed by atoms with Crippen molar-refractivity contribution in [1.82, 2.24) is 10.2 Å². The Morgan fingerprint density at radius 3 is 2.62 bits per heavy atom. The van der Waals surface area contributed by atoms with Crippen molar-refractivity contribution in [2.75, 3.05) is 26.7 Å². The molecule has 0 radical (unpaired) electrons. The topological polar surface area (TPSA) is 69.6 Å². The van der Waals surface area contributed by atoms with Gasteiger partial charge in [-0.05, 0) is 31.7 Å². The largest absolute Gasteiger partial charge is 0.480 e. The highest BCUT2D eigenvalue weighted by molar-refractivity contribution is 5.75. The van der Waals surface area contributed by atoms with Gasteiger partial charge in [-0.1, -0.05) is 0 Å². The lowest BCUT2D eigenvalue weighted by molar-refractivity contribution is -0.138. The van der Waals surface area contributed by atoms with Crippen LogP contribution in [0.25, 0.3) is 0 Å². The van der Waals surface area contributed by atoms with Crippen LogP contribution < -0.4 is 5.32 Å². The van der Waals surface area contributed by atoms with E-state index in [1.54, 1.807) is 7.05 Å². The highest BCUT2D eigenvalue weighted by Gasteiger charge is 2.24. The number of carboxylic acid groups (broad SMARTS) is 1. The number of nitrogens with zero attached hydrogens (tertiary/aromatic N) is 1. The Bertz CT molecular complexity index is 252. The lowest BCUT2D eigenvalue weighted by atomic mass is 10.2. The van der Waals surface area contributed by atoms with Gasteiger partial charge in [0, 0.05) is 20.0 Å². The van der Waals surface area contributed by atoms with E-state index in [2.05, 4.69) is 5.32 Å². The molecular weight excluding hydrogens is 208 g/mol. The smallest absolute Gasteiger partial charge is 0.317 e. The van der Waals surface area contributed by atoms with Crippen LogP contribution in [0.15, 0.2) is 0 Å². The molecule has 0 saturated heterocycles. The summed E-state index contributed by atoms with van der Waals surface area (Å²) < 4.78 is 0. The minimum atomic E-state index is -0.791. The highest BCUT2D eigenvalue weighted by Crippen LogP contribution is 2.29. The molecular formula is C11H20N2O3. The molecule has 1 fully saturated rings. The van der Waals surface area contributed by atoms with Gasteiger partial charge in [-0.15, -0.1) is 0 Å². The van der Waals surface area contributed by atoms with Gasteiger partial charge in [-0.25, -0.2) is 0 Å². The first kappa shape index (κ1) is 13.0. The maximum atomic E-state index is 11.0. The van der Waals surface area contributed by atoms with E-state index in [-0.39, 0.29) is 12.5 Å². The average molecular weight is 228 g/mol. The van der Waals surface area contributed by atoms with Gasteiger partial charge in [0.25, 0.3) is 0 Å². The fraction of sp³-hybridized carbons (Fsp3) is 0.818. The van der Waals surface area contributed by atoms with Gasteiger partial charge >= 0.3 is 5.97 Å². The zero-order valence-corrected chi connectivity index (χ0v) is 9.74. The van der Waals surface area contributed by atoms with E-state index >= 15 is 0 Å². The lowest BCUT2D eigenvalue weighted by Crippen LogP contribution is -2.33. The minimum Gasteiger partial charge on any atom is -0.480 e. The van der Waals surface area contributed by atoms with Crippen molar-refractivity contribution < 1.29 is 14.7 Å². The van der Waals surface area contributed by atoms with Crippen molar-refractivity contribution in [1.29, 1.82) is 0 Å². The van der Waals surface area contributed by atoms with Gasteiger partial charge in [0.15, 0.2) is 0 Å². The quantitative estimate of drug-likeness (QED) is 0.627. The summed E-state index contributed by atoms with van der Waals surface area (Å²) in [4.78, 5) is 23.6. The zero-order valence-electron chi connectivity index (χ0n) is 9.74. The second-order valence-corrected chi connectivity index (χ2v) is 4.35. The zero-order chi connectivity index (χ0) is 12.0. The first-order valence-corrected chi connectivity index (χ1v) is 5.76. The van der Waals surface area contributed by atoms with Crippen molar-refractivity contribution in [2.24, 2.45) is 5.92 Å². The molecule has 0 aromatic rings. The van der Waals surface area contributed by atoms with Crippen LogP contribution in [0, 0.1) is 5.92 Å². The van der Waals surface area contributed by atoms with Crippen molar-refractivity contribution in [3.63, 3.8) is 0 Å². The van der Waals surface area contributed by atoms with Crippen LogP contribution in [0.2, 0.25) is 0 Å². The molecule has 16 heavy (non-hydrogen) atoms. The number of carbonyl (C=O) groups excluding carboxylic acids is 1. The summed E-state index contributed by atoms with van der Waals surface area (Å²) in [6.45, 7) is 1.64. The molecule has 2 N–H and O–H groups in total. The maximum Gasteiger partial charge on any atom is 0.317 e. The third-order valence-corrected chi connectivity index (χ3v) is 2.73. The number of amides is 1. The standard InChI is InChI=1S/C11H20N2O3/c1-12-10(14)3-2-6-13(8-11(15)16)7-9-4-5-9/h9H,2-8H2,1H3,(H,12,14)(H,15,16). The SMILES string of the molecule is CNC(=O)CCCN(CC(=O)O)CC1CC1. The Morgan fingerprint density at radius 2 is 2.12 bits per heavy atom. The van der Waals surface area contributed by atoms with Crippen molar-refractivity contribution in [3.8, 4) is 0 Å². The monoisotopic (exact) mass is 228 g/mol. The number of hydrogen-bond donors (Lipinski definition) is 2. The van der Waals surface area contributed by atoms with Gasteiger partial charge in [0.1, 0.15) is 0 Å². The molecule has 0 unspecified atom stereocenters. The molecule has 1 amide bonds. The number of rotatable bonds is 8. The van der Waals surface area contributed by atoms with E-state index < -0.39 is 5.97 Å². The molecule has 0 atom stereocenters. The molecule has 1 aliphatic rings. The summed E-state index contributed by atoms with van der Waals surface area (Å²) in [5, 5.41) is 11.3. The molecule has 0 aliphatic heterocycles. The third-order valence-electron chi connectivity index (χ3n) is 2.73. The number of carbonyl (C=O) groups is 2. The third kappa shape index (κ3) is 5.70. The summed E-state index contributed by atoms with van der Waals surface area (Å²) in [7, 11) is 1.61. The predicted octanol–water partition coefficient (Wildman–Crippen LogP) is 0.309. The van der Waals surface area contributed by atoms with Crippen LogP contribution in [0.3, 0.4) is 0 Å². The first-order valence-electron chi connectivity index (χ1n) is 5.76. The fourth-order valence-electron chi connectivity index (χ4n) is 1.68. The molecule has 0 aromatic heterocycles. The van der Waals surface area contributed by atoms with E-state index in [0.717, 1.165) is 13.0 Å². The first-order chi connectivity index (χ1) is 7.61. The number of nitrogens with one attached hydrogen (secondary N) is 1. The summed E-state index contributed by atoms with van der Waals surface area (Å²) >= 11 is 0. The van der Waals surface area contributed by atoms with Crippen LogP contribution in [0.4, 0.5) is 0 Å². The Balaban J connectivity index is 2.19. The molecule has 1 saturated carbocycles. The Morgan fingerprint density at radius 1 is 1.44 bits per heavy atom. The maximum absolute atomic E-state index is 11.0. The highest BCUT2D eigenvalue weighted by atomic mass is 16.4. The molecule has 1 rings (SSSR count). The van der Waals surface area contributed by atoms with E-state index in [1.165, 1.54) is 12.8 Å². The number of aliphatic carboxylic acids is 1. The second kappa shape index (κ2) is 6.48. The van der Waals surface area contributed by atoms with Gasteiger partial charge < -0.3 is 10.4 Å². The molecule has 1 aliphatic carbocycles. The minimum absolute atomic E-state index is 0.0155. The van der Waals surface area contributed by atoms with Crippen LogP contribution in [0.5, 0.6) is 0 Å². The second-order valence-electron chi connectivity index (χ2n) is 4.35. The average Bonchev–Trinajstić information content (AvgIpc) is 3.00. The van der Waals surface area contributed by atoms with Crippen LogP contribution in [-0.2, 0) is 9.59 Å². The molecule has 0 aromatic carbocycles. The number of carboxylic acids is 1.